The van der Waals surface area contributed by atoms with E-state index in [4.69, 9.17) is 13.0 Å². The summed E-state index contributed by atoms with van der Waals surface area (Å²) >= 11 is -3.95. The van der Waals surface area contributed by atoms with Crippen molar-refractivity contribution in [1.29, 1.82) is 0 Å². The molecule has 0 spiro atoms. The molecule has 0 saturated carbocycles. The fourth-order valence-corrected chi connectivity index (χ4v) is 9.67. The van der Waals surface area contributed by atoms with Gasteiger partial charge in [0.05, 0.1) is 0 Å². The molecular weight excluding hydrogens is 389 g/mol. The van der Waals surface area contributed by atoms with Crippen molar-refractivity contribution in [1.82, 2.24) is 0 Å². The van der Waals surface area contributed by atoms with Crippen LogP contribution in [0.25, 0.3) is 0 Å². The zero-order valence-electron chi connectivity index (χ0n) is 12.4. The van der Waals surface area contributed by atoms with E-state index in [1.807, 2.05) is 55.4 Å². The van der Waals surface area contributed by atoms with Crippen molar-refractivity contribution in [2.75, 3.05) is 0 Å². The quantitative estimate of drug-likeness (QED) is 0.606. The van der Waals surface area contributed by atoms with E-state index in [2.05, 4.69) is 0 Å². The van der Waals surface area contributed by atoms with Gasteiger partial charge in [-0.05, 0) is 0 Å². The third-order valence-electron chi connectivity index (χ3n) is 1.36. The Morgan fingerprint density at radius 1 is 0.471 bits per heavy atom. The van der Waals surface area contributed by atoms with Crippen LogP contribution in [-0.2, 0) is 31.7 Å². The van der Waals surface area contributed by atoms with E-state index in [1.54, 1.807) is 0 Å². The second-order valence-corrected chi connectivity index (χ2v) is 11.3. The van der Waals surface area contributed by atoms with Crippen LogP contribution in [-0.4, -0.2) is 24.4 Å². The SMILES string of the molecule is CC(C)[O][Ta]([O]C(C)C)([O]C(C)C)[O]C(C)C. The van der Waals surface area contributed by atoms with Crippen LogP contribution in [0.1, 0.15) is 55.4 Å². The van der Waals surface area contributed by atoms with Crippen LogP contribution < -0.4 is 0 Å². The van der Waals surface area contributed by atoms with Crippen LogP contribution in [0.2, 0.25) is 0 Å². The molecule has 0 radical (unpaired) electrons. The van der Waals surface area contributed by atoms with Crippen LogP contribution in [0.3, 0.4) is 0 Å². The Morgan fingerprint density at radius 3 is 0.765 bits per heavy atom. The van der Waals surface area contributed by atoms with E-state index in [9.17, 15) is 0 Å². The van der Waals surface area contributed by atoms with Gasteiger partial charge in [-0.3, -0.25) is 0 Å². The molecule has 0 fully saturated rings. The second kappa shape index (κ2) is 7.89. The molecule has 0 rings (SSSR count). The van der Waals surface area contributed by atoms with E-state index in [1.165, 1.54) is 0 Å². The first-order valence-electron chi connectivity index (χ1n) is 6.29. The third-order valence-corrected chi connectivity index (χ3v) is 11.1. The van der Waals surface area contributed by atoms with Gasteiger partial charge in [0.25, 0.3) is 0 Å². The molecule has 0 atom stereocenters. The van der Waals surface area contributed by atoms with Crippen molar-refractivity contribution in [3.8, 4) is 0 Å². The second-order valence-electron chi connectivity index (χ2n) is 5.06. The maximum atomic E-state index is 5.92. The monoisotopic (exact) mass is 417 g/mol. The molecule has 0 amide bonds. The normalized spacial score (nSPS) is 13.4. The number of hydrogen-bond donors (Lipinski definition) is 0. The average Bonchev–Trinajstić information content (AvgIpc) is 1.95. The van der Waals surface area contributed by atoms with Crippen LogP contribution in [0.5, 0.6) is 0 Å². The fourth-order valence-electron chi connectivity index (χ4n) is 1.18. The van der Waals surface area contributed by atoms with Gasteiger partial charge < -0.3 is 0 Å². The first-order chi connectivity index (χ1) is 7.67. The summed E-state index contributed by atoms with van der Waals surface area (Å²) in [5, 5.41) is 0. The predicted octanol–water partition coefficient (Wildman–Crippen LogP) is 3.50. The van der Waals surface area contributed by atoms with E-state index < -0.39 is 18.7 Å². The summed E-state index contributed by atoms with van der Waals surface area (Å²) < 4.78 is 23.7. The molecule has 4 nitrogen and oxygen atoms in total. The van der Waals surface area contributed by atoms with Crippen molar-refractivity contribution in [2.24, 2.45) is 0 Å². The molecule has 0 N–H and O–H groups in total. The Morgan fingerprint density at radius 2 is 0.647 bits per heavy atom. The molecule has 0 heterocycles. The molecule has 0 aliphatic heterocycles. The minimum absolute atomic E-state index is 0.0459. The predicted molar refractivity (Wildman–Crippen MR) is 64.9 cm³/mol. The van der Waals surface area contributed by atoms with E-state index >= 15 is 0 Å². The Hall–Kier alpha value is 0.580. The molecule has 0 aromatic rings. The van der Waals surface area contributed by atoms with Crippen LogP contribution in [0.15, 0.2) is 0 Å². The van der Waals surface area contributed by atoms with Crippen LogP contribution in [0.4, 0.5) is 0 Å². The van der Waals surface area contributed by atoms with Gasteiger partial charge in [0, 0.05) is 0 Å². The van der Waals surface area contributed by atoms with Crippen molar-refractivity contribution in [3.63, 3.8) is 0 Å². The molecule has 0 aliphatic carbocycles. The van der Waals surface area contributed by atoms with Crippen molar-refractivity contribution < 1.29 is 31.7 Å². The molecule has 0 aliphatic rings. The zero-order valence-corrected chi connectivity index (χ0v) is 15.6. The van der Waals surface area contributed by atoms with Crippen molar-refractivity contribution >= 4 is 0 Å². The molecule has 0 unspecified atom stereocenters. The first-order valence-corrected chi connectivity index (χ1v) is 11.5. The summed E-state index contributed by atoms with van der Waals surface area (Å²) in [5.41, 5.74) is 0. The molecule has 0 saturated heterocycles. The minimum atomic E-state index is -3.95. The van der Waals surface area contributed by atoms with Gasteiger partial charge in [0.1, 0.15) is 0 Å². The summed E-state index contributed by atoms with van der Waals surface area (Å²) in [6.07, 6.45) is 0.184. The summed E-state index contributed by atoms with van der Waals surface area (Å²) in [4.78, 5) is 0. The van der Waals surface area contributed by atoms with Gasteiger partial charge in [-0.25, -0.2) is 0 Å². The standard InChI is InChI=1S/4C3H7O.Ta/c4*1-3(2)4;/h4*3H,1-2H3;/q4*-1;+4. The van der Waals surface area contributed by atoms with Crippen LogP contribution in [0, 0.1) is 0 Å². The van der Waals surface area contributed by atoms with Crippen molar-refractivity contribution in [2.45, 2.75) is 79.8 Å². The Balaban J connectivity index is 4.89. The van der Waals surface area contributed by atoms with Gasteiger partial charge in [0.2, 0.25) is 0 Å². The van der Waals surface area contributed by atoms with Gasteiger partial charge in [0.15, 0.2) is 0 Å². The van der Waals surface area contributed by atoms with Gasteiger partial charge in [-0.1, -0.05) is 0 Å². The summed E-state index contributed by atoms with van der Waals surface area (Å²) in [5.74, 6) is 0. The average molecular weight is 417 g/mol. The van der Waals surface area contributed by atoms with Crippen LogP contribution >= 0.6 is 0 Å². The summed E-state index contributed by atoms with van der Waals surface area (Å²) in [6, 6.07) is 0. The molecule has 5 heteroatoms. The first kappa shape index (κ1) is 17.6. The molecule has 0 bridgehead atoms. The zero-order chi connectivity index (χ0) is 13.6. The fraction of sp³-hybridized carbons (Fsp3) is 1.00. The topological polar surface area (TPSA) is 36.9 Å². The summed E-state index contributed by atoms with van der Waals surface area (Å²) in [6.45, 7) is 15.8. The third kappa shape index (κ3) is 8.32. The molecule has 17 heavy (non-hydrogen) atoms. The Labute approximate surface area is 111 Å². The van der Waals surface area contributed by atoms with Crippen molar-refractivity contribution in [3.05, 3.63) is 0 Å². The molecule has 0 aromatic heterocycles. The molecular formula is C12H28O4Ta. The van der Waals surface area contributed by atoms with E-state index in [-0.39, 0.29) is 24.4 Å². The molecule has 105 valence electrons. The summed E-state index contributed by atoms with van der Waals surface area (Å²) in [7, 11) is 0. The number of rotatable bonds is 8. The van der Waals surface area contributed by atoms with Gasteiger partial charge >= 0.3 is 111 Å². The van der Waals surface area contributed by atoms with E-state index in [0.717, 1.165) is 0 Å². The Kier molecular flexibility index (Phi) is 8.16. The Bertz CT molecular complexity index is 159. The number of hydrogen-bond acceptors (Lipinski definition) is 4. The van der Waals surface area contributed by atoms with Gasteiger partial charge in [-0.2, -0.15) is 0 Å². The van der Waals surface area contributed by atoms with E-state index in [0.29, 0.717) is 0 Å². The van der Waals surface area contributed by atoms with Gasteiger partial charge in [-0.15, -0.1) is 0 Å². The molecule has 0 aromatic carbocycles. The maximum absolute atomic E-state index is 5.92.